The van der Waals surface area contributed by atoms with Crippen LogP contribution in [0.25, 0.3) is 0 Å². The number of anilines is 1. The molecule has 0 amide bonds. The number of rotatable bonds is 1. The number of nitrogens with zero attached hydrogens (tertiary/aromatic N) is 3. The molecule has 0 spiro atoms. The molecule has 0 aromatic carbocycles. The predicted octanol–water partition coefficient (Wildman–Crippen LogP) is 3.41. The van der Waals surface area contributed by atoms with Crippen LogP contribution < -0.4 is 4.90 Å². The first-order chi connectivity index (χ1) is 7.48. The summed E-state index contributed by atoms with van der Waals surface area (Å²) in [6.45, 7) is 6.46. The van der Waals surface area contributed by atoms with Crippen molar-refractivity contribution in [2.45, 2.75) is 26.7 Å². The van der Waals surface area contributed by atoms with E-state index in [2.05, 4.69) is 28.7 Å². The lowest BCUT2D eigenvalue weighted by molar-refractivity contribution is 0.292. The van der Waals surface area contributed by atoms with Crippen LogP contribution in [0.4, 0.5) is 5.82 Å². The van der Waals surface area contributed by atoms with Gasteiger partial charge in [-0.15, -0.1) is 0 Å². The van der Waals surface area contributed by atoms with Crippen LogP contribution in [0.2, 0.25) is 10.3 Å². The molecule has 1 aliphatic rings. The number of hydrogen-bond acceptors (Lipinski definition) is 3. The van der Waals surface area contributed by atoms with Crippen molar-refractivity contribution in [2.75, 3.05) is 18.0 Å². The molecule has 5 heteroatoms. The number of aromatic nitrogens is 2. The standard InChI is InChI=1S/C11H15Cl2N3/c1-11(2)4-3-5-16(7-11)9-8(12)6-14-10(13)15-9/h6H,3-5,7H2,1-2H3. The fraction of sp³-hybridized carbons (Fsp3) is 0.636. The summed E-state index contributed by atoms with van der Waals surface area (Å²) in [6, 6.07) is 0. The Bertz CT molecular complexity index is 393. The van der Waals surface area contributed by atoms with E-state index in [-0.39, 0.29) is 5.28 Å². The summed E-state index contributed by atoms with van der Waals surface area (Å²) in [5.74, 6) is 0.759. The Morgan fingerprint density at radius 2 is 2.12 bits per heavy atom. The third kappa shape index (κ3) is 2.58. The third-order valence-electron chi connectivity index (χ3n) is 2.90. The highest BCUT2D eigenvalue weighted by molar-refractivity contribution is 6.33. The molecule has 0 radical (unpaired) electrons. The fourth-order valence-corrected chi connectivity index (χ4v) is 2.50. The van der Waals surface area contributed by atoms with Crippen molar-refractivity contribution in [3.8, 4) is 0 Å². The van der Waals surface area contributed by atoms with Gasteiger partial charge >= 0.3 is 0 Å². The molecular weight excluding hydrogens is 245 g/mol. The lowest BCUT2D eigenvalue weighted by Crippen LogP contribution is -2.40. The fourth-order valence-electron chi connectivity index (χ4n) is 2.16. The molecular formula is C11H15Cl2N3. The zero-order valence-electron chi connectivity index (χ0n) is 9.50. The van der Waals surface area contributed by atoms with Crippen LogP contribution in [0.3, 0.4) is 0 Å². The van der Waals surface area contributed by atoms with Crippen LogP contribution in [0.15, 0.2) is 6.20 Å². The summed E-state index contributed by atoms with van der Waals surface area (Å²) >= 11 is 11.9. The molecule has 0 N–H and O–H groups in total. The quantitative estimate of drug-likeness (QED) is 0.724. The molecule has 0 unspecified atom stereocenters. The monoisotopic (exact) mass is 259 g/mol. The molecule has 1 aromatic heterocycles. The zero-order valence-corrected chi connectivity index (χ0v) is 11.0. The molecule has 0 aliphatic carbocycles. The summed E-state index contributed by atoms with van der Waals surface area (Å²) in [7, 11) is 0. The highest BCUT2D eigenvalue weighted by Gasteiger charge is 2.28. The minimum atomic E-state index is 0.253. The van der Waals surface area contributed by atoms with Gasteiger partial charge in [0.25, 0.3) is 0 Å². The van der Waals surface area contributed by atoms with E-state index < -0.39 is 0 Å². The van der Waals surface area contributed by atoms with Crippen LogP contribution >= 0.6 is 23.2 Å². The van der Waals surface area contributed by atoms with Gasteiger partial charge in [-0.3, -0.25) is 0 Å². The van der Waals surface area contributed by atoms with Crippen molar-refractivity contribution in [3.05, 3.63) is 16.5 Å². The highest BCUT2D eigenvalue weighted by Crippen LogP contribution is 2.33. The molecule has 2 heterocycles. The SMILES string of the molecule is CC1(C)CCCN(c2nc(Cl)ncc2Cl)C1. The molecule has 1 aromatic rings. The maximum Gasteiger partial charge on any atom is 0.224 e. The van der Waals surface area contributed by atoms with Crippen molar-refractivity contribution in [2.24, 2.45) is 5.41 Å². The first-order valence-electron chi connectivity index (χ1n) is 5.41. The molecule has 2 rings (SSSR count). The van der Waals surface area contributed by atoms with Gasteiger partial charge in [0, 0.05) is 13.1 Å². The topological polar surface area (TPSA) is 29.0 Å². The van der Waals surface area contributed by atoms with Crippen LogP contribution in [-0.2, 0) is 0 Å². The molecule has 3 nitrogen and oxygen atoms in total. The Morgan fingerprint density at radius 1 is 1.38 bits per heavy atom. The third-order valence-corrected chi connectivity index (χ3v) is 3.34. The smallest absolute Gasteiger partial charge is 0.224 e. The second-order valence-corrected chi connectivity index (χ2v) is 5.75. The highest BCUT2D eigenvalue weighted by atomic mass is 35.5. The Labute approximate surface area is 106 Å². The van der Waals surface area contributed by atoms with E-state index in [9.17, 15) is 0 Å². The minimum absolute atomic E-state index is 0.253. The molecule has 88 valence electrons. The molecule has 1 aliphatic heterocycles. The Hall–Kier alpha value is -0.540. The van der Waals surface area contributed by atoms with E-state index in [1.54, 1.807) is 6.20 Å². The largest absolute Gasteiger partial charge is 0.355 e. The summed E-state index contributed by atoms with van der Waals surface area (Å²) in [5, 5.41) is 0.824. The molecule has 0 atom stereocenters. The van der Waals surface area contributed by atoms with Gasteiger partial charge in [0.05, 0.1) is 6.20 Å². The maximum absolute atomic E-state index is 6.10. The van der Waals surface area contributed by atoms with Crippen LogP contribution in [0.5, 0.6) is 0 Å². The van der Waals surface area contributed by atoms with Crippen molar-refractivity contribution >= 4 is 29.0 Å². The van der Waals surface area contributed by atoms with Gasteiger partial charge in [0.1, 0.15) is 5.02 Å². The van der Waals surface area contributed by atoms with E-state index in [0.29, 0.717) is 10.4 Å². The summed E-state index contributed by atoms with van der Waals surface area (Å²) in [4.78, 5) is 10.3. The first-order valence-corrected chi connectivity index (χ1v) is 6.16. The summed E-state index contributed by atoms with van der Waals surface area (Å²) in [5.41, 5.74) is 0.305. The van der Waals surface area contributed by atoms with Crippen molar-refractivity contribution in [1.82, 2.24) is 9.97 Å². The molecule has 0 saturated carbocycles. The molecule has 16 heavy (non-hydrogen) atoms. The lowest BCUT2D eigenvalue weighted by Gasteiger charge is -2.38. The Balaban J connectivity index is 2.26. The van der Waals surface area contributed by atoms with Gasteiger partial charge in [0.15, 0.2) is 5.82 Å². The number of halogens is 2. The van der Waals surface area contributed by atoms with Crippen LogP contribution in [-0.4, -0.2) is 23.1 Å². The molecule has 1 fully saturated rings. The van der Waals surface area contributed by atoms with E-state index in [0.717, 1.165) is 25.3 Å². The molecule has 1 saturated heterocycles. The maximum atomic E-state index is 6.10. The average Bonchev–Trinajstić information content (AvgIpc) is 2.20. The lowest BCUT2D eigenvalue weighted by atomic mass is 9.84. The predicted molar refractivity (Wildman–Crippen MR) is 67.3 cm³/mol. The van der Waals surface area contributed by atoms with Crippen molar-refractivity contribution in [1.29, 1.82) is 0 Å². The van der Waals surface area contributed by atoms with Crippen LogP contribution in [0, 0.1) is 5.41 Å². The first kappa shape index (κ1) is 11.9. The second-order valence-electron chi connectivity index (χ2n) is 5.00. The number of hydrogen-bond donors (Lipinski definition) is 0. The number of piperidine rings is 1. The van der Waals surface area contributed by atoms with Crippen molar-refractivity contribution in [3.63, 3.8) is 0 Å². The van der Waals surface area contributed by atoms with Gasteiger partial charge in [-0.25, -0.2) is 4.98 Å². The second kappa shape index (κ2) is 4.38. The van der Waals surface area contributed by atoms with Gasteiger partial charge in [-0.2, -0.15) is 4.98 Å². The van der Waals surface area contributed by atoms with Crippen LogP contribution in [0.1, 0.15) is 26.7 Å². The Morgan fingerprint density at radius 3 is 2.81 bits per heavy atom. The summed E-state index contributed by atoms with van der Waals surface area (Å²) < 4.78 is 0. The van der Waals surface area contributed by atoms with E-state index >= 15 is 0 Å². The van der Waals surface area contributed by atoms with E-state index in [1.807, 2.05) is 0 Å². The normalized spacial score (nSPS) is 19.9. The minimum Gasteiger partial charge on any atom is -0.355 e. The zero-order chi connectivity index (χ0) is 11.8. The Kier molecular flexibility index (Phi) is 3.27. The molecule has 0 bridgehead atoms. The van der Waals surface area contributed by atoms with Crippen molar-refractivity contribution < 1.29 is 0 Å². The van der Waals surface area contributed by atoms with E-state index in [1.165, 1.54) is 6.42 Å². The van der Waals surface area contributed by atoms with Gasteiger partial charge in [-0.1, -0.05) is 25.4 Å². The van der Waals surface area contributed by atoms with Gasteiger partial charge < -0.3 is 4.90 Å². The van der Waals surface area contributed by atoms with Gasteiger partial charge in [-0.05, 0) is 29.9 Å². The van der Waals surface area contributed by atoms with Gasteiger partial charge in [0.2, 0.25) is 5.28 Å². The average molecular weight is 260 g/mol. The van der Waals surface area contributed by atoms with E-state index in [4.69, 9.17) is 23.2 Å². The summed E-state index contributed by atoms with van der Waals surface area (Å²) in [6.07, 6.45) is 3.96.